The lowest BCUT2D eigenvalue weighted by Crippen LogP contribution is -2.36. The van der Waals surface area contributed by atoms with Crippen molar-refractivity contribution in [3.8, 4) is 0 Å². The molecule has 0 radical (unpaired) electrons. The van der Waals surface area contributed by atoms with Gasteiger partial charge in [-0.25, -0.2) is 0 Å². The molecule has 17 heavy (non-hydrogen) atoms. The number of fused-ring (bicyclic) bond motifs is 1. The highest BCUT2D eigenvalue weighted by Gasteiger charge is 2.38. The molecule has 1 unspecified atom stereocenters. The van der Waals surface area contributed by atoms with E-state index in [1.807, 2.05) is 0 Å². The first-order valence-electron chi connectivity index (χ1n) is 5.16. The van der Waals surface area contributed by atoms with E-state index >= 15 is 0 Å². The van der Waals surface area contributed by atoms with Crippen LogP contribution in [0.2, 0.25) is 0 Å². The van der Waals surface area contributed by atoms with Crippen molar-refractivity contribution in [2.75, 3.05) is 0 Å². The molecule has 1 aliphatic rings. The molecule has 1 heterocycles. The van der Waals surface area contributed by atoms with Gasteiger partial charge < -0.3 is 0 Å². The molecule has 2 rings (SSSR count). The van der Waals surface area contributed by atoms with E-state index in [1.165, 1.54) is 6.92 Å². The molecule has 88 valence electrons. The summed E-state index contributed by atoms with van der Waals surface area (Å²) < 4.78 is 0. The number of thioether (sulfide) groups is 1. The Kier molecular flexibility index (Phi) is 3.02. The molecule has 5 heteroatoms. The van der Waals surface area contributed by atoms with Gasteiger partial charge in [0, 0.05) is 6.92 Å². The predicted octanol–water partition coefficient (Wildman–Crippen LogP) is 1.91. The lowest BCUT2D eigenvalue weighted by Gasteiger charge is -2.20. The van der Waals surface area contributed by atoms with Gasteiger partial charge in [0.25, 0.3) is 11.8 Å². The van der Waals surface area contributed by atoms with E-state index in [1.54, 1.807) is 31.2 Å². The van der Waals surface area contributed by atoms with Gasteiger partial charge in [-0.2, -0.15) is 0 Å². The molecule has 1 aliphatic heterocycles. The summed E-state index contributed by atoms with van der Waals surface area (Å²) in [6, 6.07) is 6.69. The maximum Gasteiger partial charge on any atom is 0.262 e. The van der Waals surface area contributed by atoms with E-state index in [9.17, 15) is 14.4 Å². The Labute approximate surface area is 103 Å². The number of imide groups is 1. The van der Waals surface area contributed by atoms with Crippen LogP contribution in [0.3, 0.4) is 0 Å². The molecule has 0 saturated heterocycles. The summed E-state index contributed by atoms with van der Waals surface area (Å²) in [6.07, 6.45) is 0. The molecule has 1 aromatic carbocycles. The molecule has 0 bridgehead atoms. The second-order valence-electron chi connectivity index (χ2n) is 3.73. The fourth-order valence-corrected chi connectivity index (χ4v) is 2.61. The number of rotatable bonds is 2. The van der Waals surface area contributed by atoms with Gasteiger partial charge in [-0.15, -0.1) is 0 Å². The summed E-state index contributed by atoms with van der Waals surface area (Å²) >= 11 is 0.975. The van der Waals surface area contributed by atoms with Crippen LogP contribution in [0.5, 0.6) is 0 Å². The van der Waals surface area contributed by atoms with E-state index < -0.39 is 5.37 Å². The van der Waals surface area contributed by atoms with Gasteiger partial charge in [0.2, 0.25) is 0 Å². The zero-order valence-corrected chi connectivity index (χ0v) is 10.3. The van der Waals surface area contributed by atoms with Gasteiger partial charge in [0.15, 0.2) is 5.12 Å². The minimum absolute atomic E-state index is 0.117. The number of hydrogen-bond acceptors (Lipinski definition) is 4. The smallest absolute Gasteiger partial charge is 0.262 e. The second kappa shape index (κ2) is 4.33. The molecule has 1 atom stereocenters. The van der Waals surface area contributed by atoms with Gasteiger partial charge in [-0.05, 0) is 19.1 Å². The molecule has 0 N–H and O–H groups in total. The number of benzene rings is 1. The summed E-state index contributed by atoms with van der Waals surface area (Å²) in [6.45, 7) is 3.09. The molecule has 0 aromatic heterocycles. The maximum atomic E-state index is 12.0. The Morgan fingerprint density at radius 1 is 1.18 bits per heavy atom. The Morgan fingerprint density at radius 3 is 2.06 bits per heavy atom. The summed E-state index contributed by atoms with van der Waals surface area (Å²) in [7, 11) is 0. The monoisotopic (exact) mass is 249 g/mol. The van der Waals surface area contributed by atoms with Crippen molar-refractivity contribution in [3.63, 3.8) is 0 Å². The standard InChI is InChI=1S/C12H11NO3S/c1-7(17-8(2)14)13-11(15)9-5-3-4-6-10(9)12(13)16/h3-7H,1-2H3. The van der Waals surface area contributed by atoms with Crippen LogP contribution in [0.15, 0.2) is 24.3 Å². The van der Waals surface area contributed by atoms with Crippen molar-refractivity contribution < 1.29 is 14.4 Å². The Morgan fingerprint density at radius 2 is 1.65 bits per heavy atom. The Bertz CT molecular complexity index is 477. The zero-order chi connectivity index (χ0) is 12.6. The third kappa shape index (κ3) is 1.98. The van der Waals surface area contributed by atoms with Crippen LogP contribution in [0, 0.1) is 0 Å². The van der Waals surface area contributed by atoms with E-state index in [4.69, 9.17) is 0 Å². The largest absolute Gasteiger partial charge is 0.287 e. The number of carbonyl (C=O) groups excluding carboxylic acids is 3. The topological polar surface area (TPSA) is 54.5 Å². The highest BCUT2D eigenvalue weighted by molar-refractivity contribution is 8.14. The first kappa shape index (κ1) is 11.9. The quantitative estimate of drug-likeness (QED) is 0.751. The average Bonchev–Trinajstić information content (AvgIpc) is 2.51. The van der Waals surface area contributed by atoms with Crippen molar-refractivity contribution in [1.82, 2.24) is 4.90 Å². The van der Waals surface area contributed by atoms with E-state index in [0.29, 0.717) is 11.1 Å². The summed E-state index contributed by atoms with van der Waals surface area (Å²) in [5.41, 5.74) is 0.821. The molecule has 0 saturated carbocycles. The fourth-order valence-electron chi connectivity index (χ4n) is 1.83. The molecule has 4 nitrogen and oxygen atoms in total. The average molecular weight is 249 g/mol. The number of hydrogen-bond donors (Lipinski definition) is 0. The van der Waals surface area contributed by atoms with Gasteiger partial charge in [-0.1, -0.05) is 23.9 Å². The molecule has 0 aliphatic carbocycles. The highest BCUT2D eigenvalue weighted by atomic mass is 32.2. The lowest BCUT2D eigenvalue weighted by molar-refractivity contribution is -0.109. The molecule has 1 aromatic rings. The summed E-state index contributed by atoms with van der Waals surface area (Å²) in [4.78, 5) is 36.2. The third-order valence-corrected chi connectivity index (χ3v) is 3.41. The van der Waals surface area contributed by atoms with E-state index in [-0.39, 0.29) is 16.9 Å². The zero-order valence-electron chi connectivity index (χ0n) is 9.47. The molecule has 0 fully saturated rings. The predicted molar refractivity (Wildman–Crippen MR) is 64.7 cm³/mol. The van der Waals surface area contributed by atoms with Crippen LogP contribution in [-0.4, -0.2) is 27.2 Å². The normalized spacial score (nSPS) is 16.0. The number of carbonyl (C=O) groups is 3. The van der Waals surface area contributed by atoms with Crippen LogP contribution >= 0.6 is 11.8 Å². The van der Waals surface area contributed by atoms with Crippen molar-refractivity contribution in [2.24, 2.45) is 0 Å². The maximum absolute atomic E-state index is 12.0. The van der Waals surface area contributed by atoms with E-state index in [2.05, 4.69) is 0 Å². The van der Waals surface area contributed by atoms with Crippen molar-refractivity contribution >= 4 is 28.7 Å². The Hall–Kier alpha value is -1.62. The minimum atomic E-state index is -0.472. The van der Waals surface area contributed by atoms with Crippen LogP contribution in [-0.2, 0) is 4.79 Å². The third-order valence-electron chi connectivity index (χ3n) is 2.53. The molecular formula is C12H11NO3S. The van der Waals surface area contributed by atoms with Crippen molar-refractivity contribution in [3.05, 3.63) is 35.4 Å². The molecule has 0 spiro atoms. The van der Waals surface area contributed by atoms with Gasteiger partial charge in [-0.3, -0.25) is 19.3 Å². The van der Waals surface area contributed by atoms with Gasteiger partial charge >= 0.3 is 0 Å². The van der Waals surface area contributed by atoms with Crippen LogP contribution in [0.4, 0.5) is 0 Å². The summed E-state index contributed by atoms with van der Waals surface area (Å²) in [5.74, 6) is -0.654. The molecular weight excluding hydrogens is 238 g/mol. The summed E-state index contributed by atoms with van der Waals surface area (Å²) in [5, 5.41) is -0.589. The van der Waals surface area contributed by atoms with E-state index in [0.717, 1.165) is 16.7 Å². The SMILES string of the molecule is CC(=O)SC(C)N1C(=O)c2ccccc2C1=O. The van der Waals surface area contributed by atoms with Crippen molar-refractivity contribution in [2.45, 2.75) is 19.2 Å². The first-order chi connectivity index (χ1) is 8.02. The minimum Gasteiger partial charge on any atom is -0.287 e. The second-order valence-corrected chi connectivity index (χ2v) is 5.23. The highest BCUT2D eigenvalue weighted by Crippen LogP contribution is 2.28. The molecule has 2 amide bonds. The number of nitrogens with zero attached hydrogens (tertiary/aromatic N) is 1. The van der Waals surface area contributed by atoms with Gasteiger partial charge in [0.05, 0.1) is 16.5 Å². The van der Waals surface area contributed by atoms with Crippen LogP contribution in [0.25, 0.3) is 0 Å². The Balaban J connectivity index is 2.33. The van der Waals surface area contributed by atoms with Crippen LogP contribution < -0.4 is 0 Å². The van der Waals surface area contributed by atoms with Crippen molar-refractivity contribution in [1.29, 1.82) is 0 Å². The number of amides is 2. The van der Waals surface area contributed by atoms with Gasteiger partial charge in [0.1, 0.15) is 0 Å². The lowest BCUT2D eigenvalue weighted by atomic mass is 10.1. The van der Waals surface area contributed by atoms with Crippen LogP contribution in [0.1, 0.15) is 34.6 Å². The fraction of sp³-hybridized carbons (Fsp3) is 0.250. The first-order valence-corrected chi connectivity index (χ1v) is 6.04.